The second-order valence-corrected chi connectivity index (χ2v) is 11.8. The zero-order chi connectivity index (χ0) is 30.5. The number of carbonyl (C=O) groups excluding carboxylic acids is 1. The first-order valence-corrected chi connectivity index (χ1v) is 15.6. The lowest BCUT2D eigenvalue weighted by atomic mass is 9.96. The molecule has 11 heteroatoms. The molecule has 1 amide bonds. The van der Waals surface area contributed by atoms with Crippen LogP contribution in [0.2, 0.25) is 0 Å². The normalized spacial score (nSPS) is 11.2. The van der Waals surface area contributed by atoms with Crippen molar-refractivity contribution in [1.82, 2.24) is 20.2 Å². The van der Waals surface area contributed by atoms with E-state index in [2.05, 4.69) is 35.5 Å². The Balaban J connectivity index is 1.37. The molecule has 0 radical (unpaired) electrons. The SMILES string of the molecule is CS(=O)(=O)Nc1cccc(NC(=O)c2cncc(-c3nnc(NCc4ccccn4)c4c(-c5ccccc5)cccc34)c2)c1. The maximum Gasteiger partial charge on any atom is 0.257 e. The van der Waals surface area contributed by atoms with Crippen LogP contribution in [0.1, 0.15) is 16.1 Å². The molecular weight excluding hydrogens is 574 g/mol. The van der Waals surface area contributed by atoms with Crippen molar-refractivity contribution < 1.29 is 13.2 Å². The molecule has 0 bridgehead atoms. The summed E-state index contributed by atoms with van der Waals surface area (Å²) in [7, 11) is -3.46. The maximum absolute atomic E-state index is 13.2. The number of carbonyl (C=O) groups is 1. The van der Waals surface area contributed by atoms with E-state index in [1.807, 2.05) is 66.7 Å². The number of hydrogen-bond acceptors (Lipinski definition) is 8. The van der Waals surface area contributed by atoms with Gasteiger partial charge < -0.3 is 10.6 Å². The first-order chi connectivity index (χ1) is 21.3. The average molecular weight is 602 g/mol. The van der Waals surface area contributed by atoms with Gasteiger partial charge >= 0.3 is 0 Å². The number of benzene rings is 3. The number of anilines is 3. The maximum atomic E-state index is 13.2. The first-order valence-electron chi connectivity index (χ1n) is 13.7. The predicted octanol–water partition coefficient (Wildman–Crippen LogP) is 5.99. The highest BCUT2D eigenvalue weighted by Gasteiger charge is 2.17. The van der Waals surface area contributed by atoms with Gasteiger partial charge in [-0.25, -0.2) is 8.42 Å². The predicted molar refractivity (Wildman–Crippen MR) is 173 cm³/mol. The molecule has 218 valence electrons. The molecule has 0 saturated carbocycles. The van der Waals surface area contributed by atoms with Gasteiger partial charge in [0.2, 0.25) is 10.0 Å². The molecule has 0 unspecified atom stereocenters. The van der Waals surface area contributed by atoms with Gasteiger partial charge in [0.25, 0.3) is 5.91 Å². The van der Waals surface area contributed by atoms with E-state index in [0.717, 1.165) is 33.8 Å². The largest absolute Gasteiger partial charge is 0.362 e. The number of fused-ring (bicyclic) bond motifs is 1. The summed E-state index contributed by atoms with van der Waals surface area (Å²) in [5.41, 5.74) is 5.12. The molecule has 3 heterocycles. The second-order valence-electron chi connectivity index (χ2n) is 10.0. The van der Waals surface area contributed by atoms with Crippen molar-refractivity contribution in [2.24, 2.45) is 0 Å². The molecule has 3 aromatic heterocycles. The fourth-order valence-electron chi connectivity index (χ4n) is 4.85. The molecule has 6 rings (SSSR count). The standard InChI is InChI=1S/C33H27N7O3S/c1-44(42,43)40-26-13-7-12-25(18-26)37-33(41)24-17-23(19-34-20-24)31-29-15-8-14-28(22-9-3-2-4-10-22)30(29)32(39-38-31)36-21-27-11-5-6-16-35-27/h2-20,40H,21H2,1H3,(H,36,39)(H,37,41). The van der Waals surface area contributed by atoms with Crippen LogP contribution in [0.4, 0.5) is 17.2 Å². The Morgan fingerprint density at radius 1 is 0.795 bits per heavy atom. The fourth-order valence-corrected chi connectivity index (χ4v) is 5.41. The quantitative estimate of drug-likeness (QED) is 0.184. The van der Waals surface area contributed by atoms with Gasteiger partial charge in [-0.15, -0.1) is 10.2 Å². The molecule has 0 aliphatic carbocycles. The Morgan fingerprint density at radius 2 is 1.59 bits per heavy atom. The van der Waals surface area contributed by atoms with Crippen molar-refractivity contribution in [3.8, 4) is 22.4 Å². The van der Waals surface area contributed by atoms with Crippen molar-refractivity contribution in [1.29, 1.82) is 0 Å². The molecule has 0 aliphatic heterocycles. The van der Waals surface area contributed by atoms with E-state index in [0.29, 0.717) is 40.6 Å². The third-order valence-electron chi connectivity index (χ3n) is 6.75. The second kappa shape index (κ2) is 12.3. The molecular formula is C33H27N7O3S. The van der Waals surface area contributed by atoms with E-state index in [4.69, 9.17) is 0 Å². The highest BCUT2D eigenvalue weighted by atomic mass is 32.2. The van der Waals surface area contributed by atoms with E-state index in [-0.39, 0.29) is 0 Å². The van der Waals surface area contributed by atoms with Crippen LogP contribution in [0.25, 0.3) is 33.2 Å². The Bertz CT molecular complexity index is 2070. The van der Waals surface area contributed by atoms with Gasteiger partial charge in [0.1, 0.15) is 5.69 Å². The summed E-state index contributed by atoms with van der Waals surface area (Å²) in [4.78, 5) is 22.0. The number of nitrogens with zero attached hydrogens (tertiary/aromatic N) is 4. The number of rotatable bonds is 9. The third-order valence-corrected chi connectivity index (χ3v) is 7.36. The topological polar surface area (TPSA) is 139 Å². The van der Waals surface area contributed by atoms with E-state index in [1.54, 1.807) is 36.7 Å². The lowest BCUT2D eigenvalue weighted by molar-refractivity contribution is 0.102. The third kappa shape index (κ3) is 6.53. The first kappa shape index (κ1) is 28.4. The van der Waals surface area contributed by atoms with Crippen LogP contribution < -0.4 is 15.4 Å². The van der Waals surface area contributed by atoms with E-state index < -0.39 is 15.9 Å². The van der Waals surface area contributed by atoms with Crippen LogP contribution in [0, 0.1) is 0 Å². The zero-order valence-electron chi connectivity index (χ0n) is 23.6. The van der Waals surface area contributed by atoms with Crippen molar-refractivity contribution in [3.05, 3.63) is 127 Å². The number of pyridine rings is 2. The molecule has 0 fully saturated rings. The molecule has 0 saturated heterocycles. The lowest BCUT2D eigenvalue weighted by Crippen LogP contribution is -2.13. The average Bonchev–Trinajstić information content (AvgIpc) is 3.03. The number of nitrogens with one attached hydrogen (secondary N) is 3. The number of hydrogen-bond donors (Lipinski definition) is 3. The van der Waals surface area contributed by atoms with E-state index in [9.17, 15) is 13.2 Å². The van der Waals surface area contributed by atoms with Crippen molar-refractivity contribution in [2.75, 3.05) is 21.6 Å². The van der Waals surface area contributed by atoms with E-state index >= 15 is 0 Å². The van der Waals surface area contributed by atoms with Gasteiger partial charge in [-0.3, -0.25) is 19.5 Å². The van der Waals surface area contributed by atoms with Crippen LogP contribution in [0.5, 0.6) is 0 Å². The smallest absolute Gasteiger partial charge is 0.257 e. The summed E-state index contributed by atoms with van der Waals surface area (Å²) in [6.45, 7) is 0.464. The molecule has 3 N–H and O–H groups in total. The van der Waals surface area contributed by atoms with Gasteiger partial charge in [-0.05, 0) is 47.5 Å². The van der Waals surface area contributed by atoms with Crippen LogP contribution in [0.3, 0.4) is 0 Å². The summed E-state index contributed by atoms with van der Waals surface area (Å²) in [6.07, 6.45) is 5.92. The number of amides is 1. The summed E-state index contributed by atoms with van der Waals surface area (Å²) in [5, 5.41) is 17.1. The van der Waals surface area contributed by atoms with Gasteiger partial charge in [-0.1, -0.05) is 60.7 Å². The van der Waals surface area contributed by atoms with Crippen LogP contribution in [0.15, 0.2) is 116 Å². The Hall–Kier alpha value is -5.68. The van der Waals surface area contributed by atoms with Crippen molar-refractivity contribution in [3.63, 3.8) is 0 Å². The molecule has 0 spiro atoms. The van der Waals surface area contributed by atoms with Crippen molar-refractivity contribution >= 4 is 43.9 Å². The molecule has 3 aromatic carbocycles. The minimum absolute atomic E-state index is 0.301. The van der Waals surface area contributed by atoms with E-state index in [1.165, 1.54) is 12.3 Å². The van der Waals surface area contributed by atoms with Gasteiger partial charge in [0.05, 0.1) is 29.7 Å². The molecule has 44 heavy (non-hydrogen) atoms. The number of sulfonamides is 1. The minimum Gasteiger partial charge on any atom is -0.362 e. The summed E-state index contributed by atoms with van der Waals surface area (Å²) < 4.78 is 25.6. The van der Waals surface area contributed by atoms with Gasteiger partial charge in [0.15, 0.2) is 5.82 Å². The Morgan fingerprint density at radius 3 is 2.39 bits per heavy atom. The van der Waals surface area contributed by atoms with Gasteiger partial charge in [-0.2, -0.15) is 0 Å². The Kier molecular flexibility index (Phi) is 7.94. The monoisotopic (exact) mass is 601 g/mol. The lowest BCUT2D eigenvalue weighted by Gasteiger charge is -2.15. The zero-order valence-corrected chi connectivity index (χ0v) is 24.4. The van der Waals surface area contributed by atoms with Crippen LogP contribution >= 0.6 is 0 Å². The highest BCUT2D eigenvalue weighted by molar-refractivity contribution is 7.92. The van der Waals surface area contributed by atoms with Crippen LogP contribution in [-0.4, -0.2) is 40.7 Å². The molecule has 0 aliphatic rings. The molecule has 0 atom stereocenters. The summed E-state index contributed by atoms with van der Waals surface area (Å²) >= 11 is 0. The minimum atomic E-state index is -3.46. The van der Waals surface area contributed by atoms with Gasteiger partial charge in [0, 0.05) is 40.6 Å². The summed E-state index contributed by atoms with van der Waals surface area (Å²) in [6, 6.07) is 29.9. The van der Waals surface area contributed by atoms with Crippen LogP contribution in [-0.2, 0) is 16.6 Å². The summed E-state index contributed by atoms with van der Waals surface area (Å²) in [5.74, 6) is 0.199. The fraction of sp³-hybridized carbons (Fsp3) is 0.0606. The highest BCUT2D eigenvalue weighted by Crippen LogP contribution is 2.37. The molecule has 6 aromatic rings. The Labute approximate surface area is 254 Å². The molecule has 10 nitrogen and oxygen atoms in total. The number of aromatic nitrogens is 4. The van der Waals surface area contributed by atoms with Crippen molar-refractivity contribution in [2.45, 2.75) is 6.54 Å².